The summed E-state index contributed by atoms with van der Waals surface area (Å²) in [4.78, 5) is -0.196. The number of rotatable bonds is 6. The maximum atomic E-state index is 12.9. The number of halogens is 3. The van der Waals surface area contributed by atoms with Gasteiger partial charge in [-0.05, 0) is 38.0 Å². The molecule has 1 aromatic rings. The van der Waals surface area contributed by atoms with Crippen molar-refractivity contribution in [2.24, 2.45) is 0 Å². The van der Waals surface area contributed by atoms with Gasteiger partial charge in [-0.15, -0.1) is 6.58 Å². The number of aryl methyl sites for hydroxylation is 1. The molecule has 1 aliphatic heterocycles. The average molecular weight is 411 g/mol. The molecule has 0 aliphatic carbocycles. The summed E-state index contributed by atoms with van der Waals surface area (Å²) in [5.74, 6) is -0.894. The molecule has 0 N–H and O–H groups in total. The topological polar surface area (TPSA) is 80.8 Å². The van der Waals surface area contributed by atoms with Gasteiger partial charge in [0.15, 0.2) is 0 Å². The zero-order valence-corrected chi connectivity index (χ0v) is 15.2. The molecule has 2 rings (SSSR count). The fraction of sp³-hybridized carbons (Fsp3) is 0.333. The van der Waals surface area contributed by atoms with Crippen LogP contribution in [-0.4, -0.2) is 32.7 Å². The van der Waals surface area contributed by atoms with E-state index in [1.165, 1.54) is 30.3 Å². The van der Waals surface area contributed by atoms with Gasteiger partial charge in [0, 0.05) is 0 Å². The summed E-state index contributed by atoms with van der Waals surface area (Å²) >= 11 is 0. The number of hydrogen-bond acceptors (Lipinski definition) is 5. The van der Waals surface area contributed by atoms with Crippen LogP contribution in [-0.2, 0) is 24.3 Å². The Morgan fingerprint density at radius 2 is 1.81 bits per heavy atom. The first kappa shape index (κ1) is 20.3. The quantitative estimate of drug-likeness (QED) is 0.408. The lowest BCUT2D eigenvalue weighted by Gasteiger charge is -2.27. The monoisotopic (exact) mass is 411 g/mol. The first-order valence-electron chi connectivity index (χ1n) is 7.33. The number of benzene rings is 1. The van der Waals surface area contributed by atoms with Gasteiger partial charge in [-0.2, -0.15) is 21.6 Å². The number of hydrogen-bond donors (Lipinski definition) is 0. The molecule has 11 heteroatoms. The highest BCUT2D eigenvalue weighted by Crippen LogP contribution is 2.36. The predicted octanol–water partition coefficient (Wildman–Crippen LogP) is 3.04. The number of alkyl halides is 3. The van der Waals surface area contributed by atoms with Crippen molar-refractivity contribution < 1.29 is 34.2 Å². The molecule has 1 heterocycles. The van der Waals surface area contributed by atoms with Crippen molar-refractivity contribution in [3.63, 3.8) is 0 Å². The molecule has 6 nitrogen and oxygen atoms in total. The molecular weight excluding hydrogens is 395 g/mol. The normalized spacial score (nSPS) is 18.5. The molecule has 0 saturated heterocycles. The molecule has 0 spiro atoms. The van der Waals surface area contributed by atoms with E-state index in [0.29, 0.717) is 4.31 Å². The minimum atomic E-state index is -6.00. The van der Waals surface area contributed by atoms with E-state index >= 15 is 0 Å². The number of sulfonamides is 1. The fourth-order valence-corrected chi connectivity index (χ4v) is 4.49. The summed E-state index contributed by atoms with van der Waals surface area (Å²) in [6.45, 7) is 5.21. The Kier molecular flexibility index (Phi) is 5.43. The Balaban J connectivity index is 2.47. The van der Waals surface area contributed by atoms with Crippen LogP contribution < -0.4 is 0 Å². The smallest absolute Gasteiger partial charge is 0.357 e. The predicted molar refractivity (Wildman–Crippen MR) is 87.6 cm³/mol. The van der Waals surface area contributed by atoms with E-state index in [9.17, 15) is 30.0 Å². The standard InChI is InChI=1S/C15H16F3NO5S2/c1-3-4-12-7-10-14(24-26(22,23)15(16,17)18)19(12)25(20,21)13-8-5-11(2)6-9-13/h3,5-6,8-10,12H,1,4,7H2,2H3. The SMILES string of the molecule is C=CCC1CC=C(OS(=O)(=O)C(F)(F)F)N1S(=O)(=O)c1ccc(C)cc1. The van der Waals surface area contributed by atoms with Gasteiger partial charge in [-0.25, -0.2) is 12.7 Å². The zero-order valence-electron chi connectivity index (χ0n) is 13.6. The molecule has 144 valence electrons. The van der Waals surface area contributed by atoms with Gasteiger partial charge < -0.3 is 4.18 Å². The number of nitrogens with zero attached hydrogens (tertiary/aromatic N) is 1. The van der Waals surface area contributed by atoms with Crippen LogP contribution in [0.15, 0.2) is 53.8 Å². The summed E-state index contributed by atoms with van der Waals surface area (Å²) in [5.41, 5.74) is -4.90. The van der Waals surface area contributed by atoms with Crippen LogP contribution in [0.4, 0.5) is 13.2 Å². The van der Waals surface area contributed by atoms with Gasteiger partial charge in [0.1, 0.15) is 0 Å². The van der Waals surface area contributed by atoms with E-state index < -0.39 is 37.6 Å². The molecule has 0 fully saturated rings. The summed E-state index contributed by atoms with van der Waals surface area (Å²) in [6.07, 6.45) is 2.47. The fourth-order valence-electron chi connectivity index (χ4n) is 2.36. The summed E-state index contributed by atoms with van der Waals surface area (Å²) < 4.78 is 90.8. The van der Waals surface area contributed by atoms with Crippen molar-refractivity contribution >= 4 is 20.1 Å². The van der Waals surface area contributed by atoms with E-state index in [2.05, 4.69) is 10.8 Å². The van der Waals surface area contributed by atoms with E-state index in [1.807, 2.05) is 0 Å². The summed E-state index contributed by atoms with van der Waals surface area (Å²) in [7, 11) is -10.3. The van der Waals surface area contributed by atoms with Gasteiger partial charge >= 0.3 is 15.6 Å². The van der Waals surface area contributed by atoms with E-state index in [0.717, 1.165) is 11.6 Å². The van der Waals surface area contributed by atoms with Crippen LogP contribution in [0.2, 0.25) is 0 Å². The first-order chi connectivity index (χ1) is 11.9. The van der Waals surface area contributed by atoms with Crippen LogP contribution in [0.5, 0.6) is 0 Å². The van der Waals surface area contributed by atoms with Gasteiger partial charge in [0.05, 0.1) is 10.9 Å². The Hall–Kier alpha value is -2.01. The van der Waals surface area contributed by atoms with E-state index in [1.54, 1.807) is 6.92 Å². The highest BCUT2D eigenvalue weighted by atomic mass is 32.2. The summed E-state index contributed by atoms with van der Waals surface area (Å²) in [6, 6.07) is 4.76. The molecule has 0 radical (unpaired) electrons. The molecule has 0 amide bonds. The minimum Gasteiger partial charge on any atom is -0.357 e. The van der Waals surface area contributed by atoms with Crippen molar-refractivity contribution in [2.75, 3.05) is 0 Å². The van der Waals surface area contributed by atoms with Crippen molar-refractivity contribution in [1.29, 1.82) is 0 Å². The third-order valence-electron chi connectivity index (χ3n) is 3.61. The Labute approximate surface area is 149 Å². The highest BCUT2D eigenvalue weighted by Gasteiger charge is 2.51. The van der Waals surface area contributed by atoms with Gasteiger partial charge in [-0.3, -0.25) is 0 Å². The average Bonchev–Trinajstić information content (AvgIpc) is 2.89. The third kappa shape index (κ3) is 3.88. The van der Waals surface area contributed by atoms with Gasteiger partial charge in [0.25, 0.3) is 10.0 Å². The van der Waals surface area contributed by atoms with Gasteiger partial charge in [-0.1, -0.05) is 23.8 Å². The molecule has 1 unspecified atom stereocenters. The Bertz CT molecular complexity index is 919. The van der Waals surface area contributed by atoms with Crippen LogP contribution in [0.3, 0.4) is 0 Å². The van der Waals surface area contributed by atoms with Crippen molar-refractivity contribution in [3.8, 4) is 0 Å². The second kappa shape index (κ2) is 6.95. The third-order valence-corrected chi connectivity index (χ3v) is 6.43. The molecule has 1 aliphatic rings. The van der Waals surface area contributed by atoms with Crippen molar-refractivity contribution in [3.05, 3.63) is 54.4 Å². The van der Waals surface area contributed by atoms with Crippen molar-refractivity contribution in [2.45, 2.75) is 36.2 Å². The second-order valence-corrected chi connectivity index (χ2v) is 8.91. The lowest BCUT2D eigenvalue weighted by molar-refractivity contribution is -0.0531. The molecule has 1 aromatic carbocycles. The molecule has 0 aromatic heterocycles. The van der Waals surface area contributed by atoms with Crippen LogP contribution in [0.25, 0.3) is 0 Å². The van der Waals surface area contributed by atoms with Crippen LogP contribution in [0.1, 0.15) is 18.4 Å². The zero-order chi connectivity index (χ0) is 19.8. The van der Waals surface area contributed by atoms with Crippen molar-refractivity contribution in [1.82, 2.24) is 4.31 Å². The summed E-state index contributed by atoms with van der Waals surface area (Å²) in [5, 5.41) is 0. The Morgan fingerprint density at radius 1 is 1.23 bits per heavy atom. The molecular formula is C15H16F3NO5S2. The Morgan fingerprint density at radius 3 is 2.31 bits per heavy atom. The molecule has 0 bridgehead atoms. The maximum Gasteiger partial charge on any atom is 0.534 e. The molecule has 26 heavy (non-hydrogen) atoms. The molecule has 0 saturated carbocycles. The van der Waals surface area contributed by atoms with Gasteiger partial charge in [0.2, 0.25) is 5.88 Å². The van der Waals surface area contributed by atoms with Crippen LogP contribution >= 0.6 is 0 Å². The van der Waals surface area contributed by atoms with Crippen LogP contribution in [0, 0.1) is 6.92 Å². The van der Waals surface area contributed by atoms with E-state index in [4.69, 9.17) is 0 Å². The first-order valence-corrected chi connectivity index (χ1v) is 10.2. The minimum absolute atomic E-state index is 0.0141. The second-order valence-electron chi connectivity index (χ2n) is 5.55. The van der Waals surface area contributed by atoms with E-state index in [-0.39, 0.29) is 17.7 Å². The lowest BCUT2D eigenvalue weighted by atomic mass is 10.2. The molecule has 1 atom stereocenters. The maximum absolute atomic E-state index is 12.9. The highest BCUT2D eigenvalue weighted by molar-refractivity contribution is 7.89. The largest absolute Gasteiger partial charge is 0.534 e. The lowest BCUT2D eigenvalue weighted by Crippen LogP contribution is -2.38.